The molecule has 2 nitrogen and oxygen atoms in total. The van der Waals surface area contributed by atoms with Crippen LogP contribution in [0.25, 0.3) is 10.8 Å². The lowest BCUT2D eigenvalue weighted by molar-refractivity contribution is 0.590. The molecule has 0 aliphatic carbocycles. The quantitative estimate of drug-likeness (QED) is 0.779. The molecular formula is C17H18N2S. The first-order chi connectivity index (χ1) is 9.76. The molecule has 0 fully saturated rings. The molecule has 3 aromatic rings. The Morgan fingerprint density at radius 1 is 1.15 bits per heavy atom. The molecule has 1 unspecified atom stereocenters. The number of hydrogen-bond donors (Lipinski definition) is 1. The maximum Gasteiger partial charge on any atom is 0.0947 e. The Bertz CT molecular complexity index is 718. The Morgan fingerprint density at radius 3 is 2.65 bits per heavy atom. The van der Waals surface area contributed by atoms with Crippen molar-refractivity contribution in [2.24, 2.45) is 0 Å². The minimum Gasteiger partial charge on any atom is -0.313 e. The van der Waals surface area contributed by atoms with Crippen LogP contribution in [0.1, 0.15) is 22.3 Å². The Balaban J connectivity index is 1.90. The van der Waals surface area contributed by atoms with Crippen molar-refractivity contribution in [3.63, 3.8) is 0 Å². The molecule has 0 bridgehead atoms. The van der Waals surface area contributed by atoms with Crippen molar-refractivity contribution in [3.05, 3.63) is 64.1 Å². The van der Waals surface area contributed by atoms with Gasteiger partial charge in [0.2, 0.25) is 0 Å². The molecule has 1 aromatic heterocycles. The minimum absolute atomic E-state index is 0.310. The van der Waals surface area contributed by atoms with Gasteiger partial charge in [-0.3, -0.25) is 0 Å². The summed E-state index contributed by atoms with van der Waals surface area (Å²) in [6.07, 6.45) is 0.938. The highest BCUT2D eigenvalue weighted by Gasteiger charge is 2.12. The molecular weight excluding hydrogens is 264 g/mol. The largest absolute Gasteiger partial charge is 0.313 e. The number of nitrogens with one attached hydrogen (secondary N) is 1. The second kappa shape index (κ2) is 5.73. The Labute approximate surface area is 123 Å². The van der Waals surface area contributed by atoms with Gasteiger partial charge in [-0.15, -0.1) is 11.3 Å². The number of aromatic nitrogens is 1. The third-order valence-electron chi connectivity index (χ3n) is 3.57. The Hall–Kier alpha value is -1.71. The highest BCUT2D eigenvalue weighted by molar-refractivity contribution is 7.09. The smallest absolute Gasteiger partial charge is 0.0947 e. The van der Waals surface area contributed by atoms with Crippen LogP contribution in [0.15, 0.2) is 47.8 Å². The first kappa shape index (κ1) is 13.3. The first-order valence-corrected chi connectivity index (χ1v) is 7.71. The van der Waals surface area contributed by atoms with Gasteiger partial charge < -0.3 is 5.32 Å². The van der Waals surface area contributed by atoms with E-state index in [-0.39, 0.29) is 0 Å². The Kier molecular flexibility index (Phi) is 3.81. The number of aryl methyl sites for hydroxylation is 1. The summed E-state index contributed by atoms with van der Waals surface area (Å²) in [6, 6.07) is 15.5. The SMILES string of the molecule is CNC(Cc1nc(C)cs1)c1ccc2ccccc2c1. The van der Waals surface area contributed by atoms with Gasteiger partial charge in [0.1, 0.15) is 0 Å². The van der Waals surface area contributed by atoms with Gasteiger partial charge in [-0.05, 0) is 36.4 Å². The number of fused-ring (bicyclic) bond motifs is 1. The number of likely N-dealkylation sites (N-methyl/N-ethyl adjacent to an activating group) is 1. The molecule has 1 heterocycles. The fraction of sp³-hybridized carbons (Fsp3) is 0.235. The van der Waals surface area contributed by atoms with Gasteiger partial charge in [0, 0.05) is 23.5 Å². The molecule has 3 heteroatoms. The van der Waals surface area contributed by atoms with E-state index >= 15 is 0 Å². The molecule has 3 rings (SSSR count). The normalized spacial score (nSPS) is 12.7. The fourth-order valence-corrected chi connectivity index (χ4v) is 3.30. The van der Waals surface area contributed by atoms with Crippen LogP contribution < -0.4 is 5.32 Å². The number of rotatable bonds is 4. The number of thiazole rings is 1. The van der Waals surface area contributed by atoms with Crippen LogP contribution in [0.4, 0.5) is 0 Å². The molecule has 102 valence electrons. The topological polar surface area (TPSA) is 24.9 Å². The van der Waals surface area contributed by atoms with E-state index in [9.17, 15) is 0 Å². The molecule has 1 N–H and O–H groups in total. The van der Waals surface area contributed by atoms with Gasteiger partial charge in [0.15, 0.2) is 0 Å². The average molecular weight is 282 g/mol. The highest BCUT2D eigenvalue weighted by Crippen LogP contribution is 2.24. The zero-order valence-corrected chi connectivity index (χ0v) is 12.6. The standard InChI is InChI=1S/C17H18N2S/c1-12-11-20-17(19-12)10-16(18-2)15-8-7-13-5-3-4-6-14(13)9-15/h3-9,11,16,18H,10H2,1-2H3. The summed E-state index contributed by atoms with van der Waals surface area (Å²) in [5.41, 5.74) is 2.43. The zero-order valence-electron chi connectivity index (χ0n) is 11.8. The van der Waals surface area contributed by atoms with E-state index in [0.717, 1.165) is 12.1 Å². The van der Waals surface area contributed by atoms with Gasteiger partial charge in [-0.25, -0.2) is 4.98 Å². The van der Waals surface area contributed by atoms with E-state index in [4.69, 9.17) is 0 Å². The molecule has 0 radical (unpaired) electrons. The van der Waals surface area contributed by atoms with Crippen LogP contribution in [0.3, 0.4) is 0 Å². The molecule has 0 saturated heterocycles. The van der Waals surface area contributed by atoms with E-state index in [1.807, 2.05) is 14.0 Å². The molecule has 0 aliphatic rings. The third kappa shape index (κ3) is 2.74. The summed E-state index contributed by atoms with van der Waals surface area (Å²) in [6.45, 7) is 2.05. The molecule has 0 amide bonds. The molecule has 0 aliphatic heterocycles. The predicted octanol–water partition coefficient (Wildman–Crippen LogP) is 4.11. The summed E-state index contributed by atoms with van der Waals surface area (Å²) in [4.78, 5) is 4.56. The lowest BCUT2D eigenvalue weighted by Gasteiger charge is -2.16. The minimum atomic E-state index is 0.310. The maximum atomic E-state index is 4.56. The molecule has 0 saturated carbocycles. The van der Waals surface area contributed by atoms with E-state index < -0.39 is 0 Å². The second-order valence-electron chi connectivity index (χ2n) is 5.03. The summed E-state index contributed by atoms with van der Waals surface area (Å²) in [7, 11) is 2.01. The molecule has 20 heavy (non-hydrogen) atoms. The predicted molar refractivity (Wildman–Crippen MR) is 86.3 cm³/mol. The van der Waals surface area contributed by atoms with Crippen molar-refractivity contribution >= 4 is 22.1 Å². The third-order valence-corrected chi connectivity index (χ3v) is 4.56. The van der Waals surface area contributed by atoms with Gasteiger partial charge in [0.25, 0.3) is 0 Å². The zero-order chi connectivity index (χ0) is 13.9. The molecule has 1 atom stereocenters. The summed E-state index contributed by atoms with van der Waals surface area (Å²) < 4.78 is 0. The molecule has 2 aromatic carbocycles. The Morgan fingerprint density at radius 2 is 1.95 bits per heavy atom. The van der Waals surface area contributed by atoms with E-state index in [1.54, 1.807) is 11.3 Å². The number of hydrogen-bond acceptors (Lipinski definition) is 3. The second-order valence-corrected chi connectivity index (χ2v) is 5.98. The van der Waals surface area contributed by atoms with Crippen molar-refractivity contribution in [2.75, 3.05) is 7.05 Å². The van der Waals surface area contributed by atoms with Crippen molar-refractivity contribution in [3.8, 4) is 0 Å². The summed E-state index contributed by atoms with van der Waals surface area (Å²) in [5.74, 6) is 0. The van der Waals surface area contributed by atoms with Crippen LogP contribution in [0, 0.1) is 6.92 Å². The van der Waals surface area contributed by atoms with Gasteiger partial charge in [0.05, 0.1) is 5.01 Å². The lowest BCUT2D eigenvalue weighted by atomic mass is 10.00. The van der Waals surface area contributed by atoms with Crippen LogP contribution >= 0.6 is 11.3 Å². The molecule has 0 spiro atoms. The summed E-state index contributed by atoms with van der Waals surface area (Å²) in [5, 5.41) is 9.29. The number of benzene rings is 2. The maximum absolute atomic E-state index is 4.56. The van der Waals surface area contributed by atoms with E-state index in [0.29, 0.717) is 6.04 Å². The van der Waals surface area contributed by atoms with Crippen molar-refractivity contribution in [1.82, 2.24) is 10.3 Å². The fourth-order valence-electron chi connectivity index (χ4n) is 2.48. The van der Waals surface area contributed by atoms with E-state index in [2.05, 4.69) is 58.1 Å². The van der Waals surface area contributed by atoms with Crippen LogP contribution in [-0.2, 0) is 6.42 Å². The summed E-state index contributed by atoms with van der Waals surface area (Å²) >= 11 is 1.74. The van der Waals surface area contributed by atoms with Crippen molar-refractivity contribution in [2.45, 2.75) is 19.4 Å². The van der Waals surface area contributed by atoms with Crippen LogP contribution in [0.2, 0.25) is 0 Å². The first-order valence-electron chi connectivity index (χ1n) is 6.83. The monoisotopic (exact) mass is 282 g/mol. The van der Waals surface area contributed by atoms with E-state index in [1.165, 1.54) is 21.3 Å². The average Bonchev–Trinajstić information content (AvgIpc) is 2.89. The van der Waals surface area contributed by atoms with Gasteiger partial charge >= 0.3 is 0 Å². The van der Waals surface area contributed by atoms with Crippen LogP contribution in [0.5, 0.6) is 0 Å². The van der Waals surface area contributed by atoms with Gasteiger partial charge in [-0.1, -0.05) is 36.4 Å². The lowest BCUT2D eigenvalue weighted by Crippen LogP contribution is -2.18. The van der Waals surface area contributed by atoms with Crippen molar-refractivity contribution < 1.29 is 0 Å². The van der Waals surface area contributed by atoms with Gasteiger partial charge in [-0.2, -0.15) is 0 Å². The van der Waals surface area contributed by atoms with Crippen molar-refractivity contribution in [1.29, 1.82) is 0 Å². The van der Waals surface area contributed by atoms with Crippen LogP contribution in [-0.4, -0.2) is 12.0 Å². The number of nitrogens with zero attached hydrogens (tertiary/aromatic N) is 1. The highest BCUT2D eigenvalue weighted by atomic mass is 32.1.